The van der Waals surface area contributed by atoms with E-state index in [4.69, 9.17) is 32.9 Å². The number of aromatic nitrogens is 1. The van der Waals surface area contributed by atoms with E-state index in [0.29, 0.717) is 21.5 Å². The molecule has 0 amide bonds. The zero-order valence-electron chi connectivity index (χ0n) is 13.1. The van der Waals surface area contributed by atoms with Crippen LogP contribution < -0.4 is 4.74 Å². The SMILES string of the molecule is Clc1ccc(-c2nc3ccccc3cc2Oc2ccccc2Cl)cc1. The number of nitrogens with zero attached hydrogens (tertiary/aromatic N) is 1. The average molecular weight is 366 g/mol. The quantitative estimate of drug-likeness (QED) is 0.389. The highest BCUT2D eigenvalue weighted by molar-refractivity contribution is 6.32. The van der Waals surface area contributed by atoms with Gasteiger partial charge >= 0.3 is 0 Å². The summed E-state index contributed by atoms with van der Waals surface area (Å²) in [6.45, 7) is 0. The lowest BCUT2D eigenvalue weighted by Gasteiger charge is -2.13. The van der Waals surface area contributed by atoms with Crippen LogP contribution in [0.1, 0.15) is 0 Å². The minimum absolute atomic E-state index is 0.553. The van der Waals surface area contributed by atoms with E-state index in [1.807, 2.05) is 72.8 Å². The minimum Gasteiger partial charge on any atom is -0.453 e. The first-order valence-electron chi connectivity index (χ1n) is 7.79. The minimum atomic E-state index is 0.553. The molecule has 25 heavy (non-hydrogen) atoms. The van der Waals surface area contributed by atoms with Crippen molar-refractivity contribution in [1.29, 1.82) is 0 Å². The van der Waals surface area contributed by atoms with Crippen LogP contribution in [0.5, 0.6) is 11.5 Å². The molecule has 2 nitrogen and oxygen atoms in total. The second-order valence-corrected chi connectivity index (χ2v) is 6.41. The molecule has 0 aliphatic carbocycles. The molecule has 122 valence electrons. The van der Waals surface area contributed by atoms with Crippen molar-refractivity contribution in [3.8, 4) is 22.8 Å². The van der Waals surface area contributed by atoms with Gasteiger partial charge in [-0.2, -0.15) is 0 Å². The third kappa shape index (κ3) is 3.32. The van der Waals surface area contributed by atoms with Crippen LogP contribution in [-0.2, 0) is 0 Å². The zero-order chi connectivity index (χ0) is 17.2. The van der Waals surface area contributed by atoms with E-state index in [9.17, 15) is 0 Å². The van der Waals surface area contributed by atoms with Gasteiger partial charge in [-0.15, -0.1) is 0 Å². The summed E-state index contributed by atoms with van der Waals surface area (Å²) in [6, 6.07) is 24.8. The lowest BCUT2D eigenvalue weighted by atomic mass is 10.1. The van der Waals surface area contributed by atoms with E-state index in [2.05, 4.69) is 0 Å². The summed E-state index contributed by atoms with van der Waals surface area (Å²) in [4.78, 5) is 4.79. The highest BCUT2D eigenvalue weighted by Gasteiger charge is 2.13. The van der Waals surface area contributed by atoms with Crippen molar-refractivity contribution in [3.63, 3.8) is 0 Å². The Hall–Kier alpha value is -2.55. The molecular formula is C21H13Cl2NO. The van der Waals surface area contributed by atoms with E-state index in [-0.39, 0.29) is 0 Å². The molecule has 0 aliphatic heterocycles. The topological polar surface area (TPSA) is 22.1 Å². The molecule has 0 aliphatic rings. The summed E-state index contributed by atoms with van der Waals surface area (Å²) in [5.74, 6) is 1.24. The molecule has 0 radical (unpaired) electrons. The number of benzene rings is 3. The van der Waals surface area contributed by atoms with Crippen LogP contribution in [0.15, 0.2) is 78.9 Å². The summed E-state index contributed by atoms with van der Waals surface area (Å²) >= 11 is 12.3. The number of fused-ring (bicyclic) bond motifs is 1. The number of ether oxygens (including phenoxy) is 1. The second kappa shape index (κ2) is 6.75. The molecule has 1 heterocycles. The van der Waals surface area contributed by atoms with Gasteiger partial charge in [-0.05, 0) is 36.4 Å². The maximum Gasteiger partial charge on any atom is 0.154 e. The van der Waals surface area contributed by atoms with Crippen molar-refractivity contribution >= 4 is 34.1 Å². The van der Waals surface area contributed by atoms with Crippen LogP contribution in [0.2, 0.25) is 10.0 Å². The first-order chi connectivity index (χ1) is 12.2. The molecule has 0 spiro atoms. The summed E-state index contributed by atoms with van der Waals surface area (Å²) in [5, 5.41) is 2.23. The molecule has 0 saturated carbocycles. The standard InChI is InChI=1S/C21H13Cl2NO/c22-16-11-9-14(10-12-16)21-20(25-19-8-4-2-6-17(19)23)13-15-5-1-3-7-18(15)24-21/h1-13H. The molecule has 1 aromatic heterocycles. The normalized spacial score (nSPS) is 10.8. The van der Waals surface area contributed by atoms with Crippen LogP contribution in [-0.4, -0.2) is 4.98 Å². The van der Waals surface area contributed by atoms with Crippen molar-refractivity contribution in [2.75, 3.05) is 0 Å². The highest BCUT2D eigenvalue weighted by atomic mass is 35.5. The Kier molecular flexibility index (Phi) is 4.31. The Bertz CT molecular complexity index is 1050. The average Bonchev–Trinajstić information content (AvgIpc) is 2.64. The lowest BCUT2D eigenvalue weighted by molar-refractivity contribution is 0.483. The van der Waals surface area contributed by atoms with Gasteiger partial charge in [0.2, 0.25) is 0 Å². The Labute approximate surface area is 155 Å². The Morgan fingerprint density at radius 1 is 0.720 bits per heavy atom. The van der Waals surface area contributed by atoms with Crippen molar-refractivity contribution in [1.82, 2.24) is 4.98 Å². The van der Waals surface area contributed by atoms with Crippen LogP contribution >= 0.6 is 23.2 Å². The Morgan fingerprint density at radius 2 is 1.44 bits per heavy atom. The lowest BCUT2D eigenvalue weighted by Crippen LogP contribution is -1.93. The van der Waals surface area contributed by atoms with Gasteiger partial charge in [0.1, 0.15) is 11.4 Å². The third-order valence-corrected chi connectivity index (χ3v) is 4.43. The van der Waals surface area contributed by atoms with Gasteiger partial charge in [0.15, 0.2) is 5.75 Å². The molecule has 0 atom stereocenters. The second-order valence-electron chi connectivity index (χ2n) is 5.57. The fourth-order valence-corrected chi connectivity index (χ4v) is 2.94. The predicted molar refractivity (Wildman–Crippen MR) is 104 cm³/mol. The van der Waals surface area contributed by atoms with E-state index in [1.54, 1.807) is 6.07 Å². The van der Waals surface area contributed by atoms with Crippen LogP contribution in [0, 0.1) is 0 Å². The molecule has 0 N–H and O–H groups in total. The number of pyridine rings is 1. The van der Waals surface area contributed by atoms with Crippen molar-refractivity contribution in [2.45, 2.75) is 0 Å². The molecule has 4 aromatic rings. The van der Waals surface area contributed by atoms with Gasteiger partial charge in [-0.3, -0.25) is 0 Å². The fraction of sp³-hybridized carbons (Fsp3) is 0. The molecule has 3 aromatic carbocycles. The number of para-hydroxylation sites is 2. The summed E-state index contributed by atoms with van der Waals surface area (Å²) in [5.41, 5.74) is 2.58. The first-order valence-corrected chi connectivity index (χ1v) is 8.54. The maximum absolute atomic E-state index is 6.25. The van der Waals surface area contributed by atoms with E-state index in [1.165, 1.54) is 0 Å². The van der Waals surface area contributed by atoms with Crippen molar-refractivity contribution in [2.24, 2.45) is 0 Å². The number of halogens is 2. The smallest absolute Gasteiger partial charge is 0.154 e. The third-order valence-electron chi connectivity index (χ3n) is 3.86. The molecule has 0 saturated heterocycles. The van der Waals surface area contributed by atoms with E-state index < -0.39 is 0 Å². The fourth-order valence-electron chi connectivity index (χ4n) is 2.63. The largest absolute Gasteiger partial charge is 0.453 e. The van der Waals surface area contributed by atoms with E-state index >= 15 is 0 Å². The monoisotopic (exact) mass is 365 g/mol. The Morgan fingerprint density at radius 3 is 2.24 bits per heavy atom. The van der Waals surface area contributed by atoms with Crippen LogP contribution in [0.3, 0.4) is 0 Å². The molecule has 0 bridgehead atoms. The molecular weight excluding hydrogens is 353 g/mol. The van der Waals surface area contributed by atoms with Crippen molar-refractivity contribution in [3.05, 3.63) is 88.9 Å². The molecule has 4 heteroatoms. The number of hydrogen-bond donors (Lipinski definition) is 0. The number of hydrogen-bond acceptors (Lipinski definition) is 2. The van der Waals surface area contributed by atoms with Gasteiger partial charge in [-0.1, -0.05) is 65.7 Å². The van der Waals surface area contributed by atoms with Crippen LogP contribution in [0.4, 0.5) is 0 Å². The summed E-state index contributed by atoms with van der Waals surface area (Å²) < 4.78 is 6.11. The van der Waals surface area contributed by atoms with Gasteiger partial charge in [0, 0.05) is 16.0 Å². The van der Waals surface area contributed by atoms with E-state index in [0.717, 1.165) is 22.2 Å². The zero-order valence-corrected chi connectivity index (χ0v) is 14.6. The van der Waals surface area contributed by atoms with Crippen LogP contribution in [0.25, 0.3) is 22.2 Å². The summed E-state index contributed by atoms with van der Waals surface area (Å²) in [7, 11) is 0. The Balaban J connectivity index is 1.89. The van der Waals surface area contributed by atoms with Crippen molar-refractivity contribution < 1.29 is 4.74 Å². The first kappa shape index (κ1) is 15.9. The van der Waals surface area contributed by atoms with Gasteiger partial charge in [0.05, 0.1) is 10.5 Å². The molecule has 4 rings (SSSR count). The highest BCUT2D eigenvalue weighted by Crippen LogP contribution is 2.37. The molecule has 0 unspecified atom stereocenters. The number of rotatable bonds is 3. The maximum atomic E-state index is 6.25. The van der Waals surface area contributed by atoms with Gasteiger partial charge in [-0.25, -0.2) is 4.98 Å². The van der Waals surface area contributed by atoms with Gasteiger partial charge in [0.25, 0.3) is 0 Å². The summed E-state index contributed by atoms with van der Waals surface area (Å²) in [6.07, 6.45) is 0. The molecule has 0 fully saturated rings. The predicted octanol–water partition coefficient (Wildman–Crippen LogP) is 7.00. The van der Waals surface area contributed by atoms with Gasteiger partial charge < -0.3 is 4.74 Å².